The molecule has 3 aliphatic carbocycles. The van der Waals surface area contributed by atoms with Gasteiger partial charge in [0.1, 0.15) is 0 Å². The van der Waals surface area contributed by atoms with Gasteiger partial charge >= 0.3 is 0 Å². The topological polar surface area (TPSA) is 107 Å². The highest BCUT2D eigenvalue weighted by atomic mass is 16.6. The molecule has 3 fully saturated rings. The predicted octanol–water partition coefficient (Wildman–Crippen LogP) is 3.40. The zero-order chi connectivity index (χ0) is 28.2. The summed E-state index contributed by atoms with van der Waals surface area (Å²) < 4.78 is 8.24. The third-order valence-electron chi connectivity index (χ3n) is 9.67. The maximum Gasteiger partial charge on any atom is 0.235 e. The number of nitrogens with one attached hydrogen (secondary N) is 1. The van der Waals surface area contributed by atoms with Crippen LogP contribution in [0.25, 0.3) is 0 Å². The van der Waals surface area contributed by atoms with E-state index in [0.29, 0.717) is 0 Å². The Morgan fingerprint density at radius 1 is 1.21 bits per heavy atom. The normalized spacial score (nSPS) is 25.7. The maximum atomic E-state index is 10.8. The zero-order valence-electron chi connectivity index (χ0n) is 25.0. The Kier molecular flexibility index (Phi) is 7.41. The van der Waals surface area contributed by atoms with Crippen molar-refractivity contribution in [2.75, 3.05) is 25.5 Å². The van der Waals surface area contributed by atoms with Gasteiger partial charge in [-0.3, -0.25) is 14.9 Å². The van der Waals surface area contributed by atoms with Crippen molar-refractivity contribution in [1.82, 2.24) is 19.7 Å². The second-order valence-electron chi connectivity index (χ2n) is 13.2. The minimum absolute atomic E-state index is 0.0242. The fourth-order valence-electron chi connectivity index (χ4n) is 7.28. The molecular weight excluding hydrogens is 490 g/mol. The summed E-state index contributed by atoms with van der Waals surface area (Å²) in [6.07, 6.45) is 8.29. The number of aliphatic hydroxyl groups is 1. The quantitative estimate of drug-likeness (QED) is 0.351. The number of aromatic nitrogens is 3. The number of hydrogen-bond acceptors (Lipinski definition) is 7. The van der Waals surface area contributed by atoms with E-state index >= 15 is 0 Å². The lowest BCUT2D eigenvalue weighted by molar-refractivity contribution is -0.543. The van der Waals surface area contributed by atoms with Crippen molar-refractivity contribution >= 4 is 17.7 Å². The van der Waals surface area contributed by atoms with Crippen LogP contribution in [0.3, 0.4) is 0 Å². The number of nitrogens with zero attached hydrogens (tertiary/aromatic N) is 5. The van der Waals surface area contributed by atoms with Crippen LogP contribution in [-0.4, -0.2) is 69.2 Å². The highest BCUT2D eigenvalue weighted by Crippen LogP contribution is 2.55. The van der Waals surface area contributed by atoms with Crippen molar-refractivity contribution in [3.63, 3.8) is 0 Å². The van der Waals surface area contributed by atoms with Crippen LogP contribution in [0.2, 0.25) is 0 Å². The Labute approximate surface area is 233 Å². The lowest BCUT2D eigenvalue weighted by Gasteiger charge is -2.57. The molecule has 9 nitrogen and oxygen atoms in total. The van der Waals surface area contributed by atoms with Crippen molar-refractivity contribution in [3.05, 3.63) is 34.3 Å². The molecular formula is C30H48N7O2+. The van der Waals surface area contributed by atoms with Gasteiger partial charge in [-0.05, 0) is 91.7 Å². The first-order valence-corrected chi connectivity index (χ1v) is 14.6. The number of ether oxygens (including phenoxy) is 1. The van der Waals surface area contributed by atoms with Gasteiger partial charge in [0.2, 0.25) is 12.2 Å². The number of nitrogens with two attached hydrogens (primary N) is 1. The first-order valence-electron chi connectivity index (χ1n) is 14.6. The number of anilines is 1. The molecule has 2 aromatic rings. The average molecular weight is 539 g/mol. The Bertz CT molecular complexity index is 1210. The second kappa shape index (κ2) is 10.3. The van der Waals surface area contributed by atoms with E-state index in [-0.39, 0.29) is 16.6 Å². The highest BCUT2D eigenvalue weighted by Gasteiger charge is 2.52. The summed E-state index contributed by atoms with van der Waals surface area (Å²) >= 11 is 0. The first-order chi connectivity index (χ1) is 18.4. The van der Waals surface area contributed by atoms with Crippen LogP contribution in [0.5, 0.6) is 0 Å². The summed E-state index contributed by atoms with van der Waals surface area (Å²) in [5.41, 5.74) is 6.75. The van der Waals surface area contributed by atoms with E-state index in [1.165, 1.54) is 17.5 Å². The van der Waals surface area contributed by atoms with Crippen LogP contribution in [0.15, 0.2) is 6.07 Å². The summed E-state index contributed by atoms with van der Waals surface area (Å²) in [5, 5.41) is 25.9. The van der Waals surface area contributed by atoms with Crippen molar-refractivity contribution < 1.29 is 15.2 Å². The van der Waals surface area contributed by atoms with Crippen LogP contribution in [-0.2, 0) is 24.2 Å². The van der Waals surface area contributed by atoms with Gasteiger partial charge in [0.15, 0.2) is 0 Å². The maximum absolute atomic E-state index is 10.8. The van der Waals surface area contributed by atoms with Gasteiger partial charge in [0, 0.05) is 54.8 Å². The van der Waals surface area contributed by atoms with Gasteiger partial charge in [0.05, 0.1) is 29.6 Å². The molecule has 1 aliphatic heterocycles. The van der Waals surface area contributed by atoms with Crippen LogP contribution < -0.4 is 10.2 Å². The molecule has 4 aliphatic rings. The standard InChI is InChI=1S/C30H47N7O2/c1-20-16-25(22(17-31)26(32-6)33-20)36-15-8-24-23(18-36)21(2)34-37(24)19-29-9-12-30(13-10-29,14-11-29)35(7)27(38)39-28(3,4)5/h16-17,27,31,38H,8-15,18-19H2,1-7H3,(H,32,33)/p+1. The van der Waals surface area contributed by atoms with Gasteiger partial charge in [-0.2, -0.15) is 5.10 Å². The molecule has 0 aromatic carbocycles. The average Bonchev–Trinajstić information content (AvgIpc) is 3.21. The van der Waals surface area contributed by atoms with E-state index in [2.05, 4.69) is 32.5 Å². The first kappa shape index (κ1) is 28.2. The molecule has 1 atom stereocenters. The molecule has 4 N–H and O–H groups in total. The second-order valence-corrected chi connectivity index (χ2v) is 13.2. The molecule has 3 saturated carbocycles. The van der Waals surface area contributed by atoms with Crippen molar-refractivity contribution in [2.24, 2.45) is 5.41 Å². The Balaban J connectivity index is 1.31. The van der Waals surface area contributed by atoms with Crippen LogP contribution in [0.1, 0.15) is 87.5 Å². The molecule has 0 amide bonds. The van der Waals surface area contributed by atoms with Crippen LogP contribution in [0, 0.1) is 24.7 Å². The van der Waals surface area contributed by atoms with E-state index in [0.717, 1.165) is 93.0 Å². The fraction of sp³-hybridized carbons (Fsp3) is 0.700. The summed E-state index contributed by atoms with van der Waals surface area (Å²) in [5.74, 6) is 0.881. The van der Waals surface area contributed by atoms with E-state index in [1.54, 1.807) is 0 Å². The van der Waals surface area contributed by atoms with E-state index in [4.69, 9.17) is 15.2 Å². The van der Waals surface area contributed by atoms with Crippen LogP contribution >= 0.6 is 0 Å². The number of aryl methyl sites for hydroxylation is 2. The van der Waals surface area contributed by atoms with Gasteiger partial charge in [-0.25, -0.2) is 4.98 Å². The lowest BCUT2D eigenvalue weighted by Crippen LogP contribution is -2.74. The summed E-state index contributed by atoms with van der Waals surface area (Å²) in [6.45, 7) is 12.9. The van der Waals surface area contributed by atoms with Crippen molar-refractivity contribution in [2.45, 2.75) is 110 Å². The van der Waals surface area contributed by atoms with Gasteiger partial charge in [-0.1, -0.05) is 0 Å². The summed E-state index contributed by atoms with van der Waals surface area (Å²) in [4.78, 5) is 9.14. The Hall–Kier alpha value is -2.33. The SMILES string of the molecule is C[NH2+]c1nc(C)cc(N2CCc3c(c(C)nn3CC34CCC(N(C)C(O)OC(C)(C)C)(CC3)CC4)C2)c1C=N. The highest BCUT2D eigenvalue weighted by molar-refractivity contribution is 5.90. The minimum Gasteiger partial charge on any atom is -0.366 e. The van der Waals surface area contributed by atoms with Crippen molar-refractivity contribution in [3.8, 4) is 0 Å². The Morgan fingerprint density at radius 2 is 1.87 bits per heavy atom. The van der Waals surface area contributed by atoms with Gasteiger partial charge in [-0.15, -0.1) is 0 Å². The number of pyridine rings is 1. The predicted molar refractivity (Wildman–Crippen MR) is 154 cm³/mol. The number of rotatable bonds is 8. The minimum atomic E-state index is -0.872. The lowest BCUT2D eigenvalue weighted by atomic mass is 9.56. The summed E-state index contributed by atoms with van der Waals surface area (Å²) in [7, 11) is 4.02. The van der Waals surface area contributed by atoms with E-state index in [9.17, 15) is 5.11 Å². The summed E-state index contributed by atoms with van der Waals surface area (Å²) in [6, 6.07) is 2.12. The molecule has 6 rings (SSSR count). The molecule has 3 heterocycles. The molecule has 0 saturated heterocycles. The van der Waals surface area contributed by atoms with E-state index in [1.807, 2.05) is 47.1 Å². The molecule has 2 bridgehead atoms. The third kappa shape index (κ3) is 5.26. The monoisotopic (exact) mass is 538 g/mol. The van der Waals surface area contributed by atoms with E-state index < -0.39 is 6.41 Å². The third-order valence-corrected chi connectivity index (χ3v) is 9.67. The number of fused-ring (bicyclic) bond motifs is 4. The van der Waals surface area contributed by atoms with Crippen molar-refractivity contribution in [1.29, 1.82) is 5.41 Å². The molecule has 9 heteroatoms. The number of aliphatic hydroxyl groups excluding tert-OH is 1. The molecule has 0 radical (unpaired) electrons. The molecule has 214 valence electrons. The molecule has 0 spiro atoms. The van der Waals surface area contributed by atoms with Gasteiger partial charge in [0.25, 0.3) is 0 Å². The Morgan fingerprint density at radius 3 is 2.46 bits per heavy atom. The van der Waals surface area contributed by atoms with Gasteiger partial charge < -0.3 is 20.2 Å². The molecule has 2 aromatic heterocycles. The number of hydrogen-bond donors (Lipinski definition) is 3. The zero-order valence-corrected chi connectivity index (χ0v) is 25.0. The molecule has 39 heavy (non-hydrogen) atoms. The smallest absolute Gasteiger partial charge is 0.235 e. The fourth-order valence-corrected chi connectivity index (χ4v) is 7.28. The number of quaternary nitrogens is 1. The molecule has 1 unspecified atom stereocenters. The van der Waals surface area contributed by atoms with Crippen LogP contribution in [0.4, 0.5) is 11.5 Å². The largest absolute Gasteiger partial charge is 0.366 e.